The van der Waals surface area contributed by atoms with E-state index < -0.39 is 9.84 Å². The van der Waals surface area contributed by atoms with Gasteiger partial charge >= 0.3 is 0 Å². The molecule has 0 aliphatic heterocycles. The Bertz CT molecular complexity index is 789. The summed E-state index contributed by atoms with van der Waals surface area (Å²) in [6, 6.07) is 12.4. The summed E-state index contributed by atoms with van der Waals surface area (Å²) in [4.78, 5) is 12.5. The van der Waals surface area contributed by atoms with Crippen LogP contribution in [0.25, 0.3) is 0 Å². The number of carbonyl (C=O) groups excluding carboxylic acids is 1. The zero-order valence-electron chi connectivity index (χ0n) is 12.5. The van der Waals surface area contributed by atoms with Crippen LogP contribution in [0.15, 0.2) is 58.3 Å². The van der Waals surface area contributed by atoms with E-state index in [1.807, 2.05) is 0 Å². The molecule has 0 unspecified atom stereocenters. The Kier molecular flexibility index (Phi) is 5.79. The van der Waals surface area contributed by atoms with Gasteiger partial charge in [0, 0.05) is 29.0 Å². The highest BCUT2D eigenvalue weighted by Crippen LogP contribution is 2.22. The standard InChI is InChI=1S/C16H16FNO3S2/c1-23(20,21)13-8-6-12(7-9-13)18-16(19)10-11-22-15-5-3-2-4-14(15)17/h2-9H,10-11H2,1H3,(H,18,19). The average Bonchev–Trinajstić information content (AvgIpc) is 2.49. The molecule has 0 aliphatic carbocycles. The molecule has 0 heterocycles. The van der Waals surface area contributed by atoms with Gasteiger partial charge in [0.05, 0.1) is 4.90 Å². The van der Waals surface area contributed by atoms with Gasteiger partial charge < -0.3 is 5.32 Å². The molecule has 0 saturated carbocycles. The van der Waals surface area contributed by atoms with Crippen LogP contribution in [-0.4, -0.2) is 26.3 Å². The van der Waals surface area contributed by atoms with E-state index in [4.69, 9.17) is 0 Å². The fourth-order valence-corrected chi connectivity index (χ4v) is 3.34. The molecule has 0 saturated heterocycles. The SMILES string of the molecule is CS(=O)(=O)c1ccc(NC(=O)CCSc2ccccc2F)cc1. The lowest BCUT2D eigenvalue weighted by molar-refractivity contribution is -0.115. The van der Waals surface area contributed by atoms with Gasteiger partial charge in [0.15, 0.2) is 9.84 Å². The number of halogens is 1. The zero-order valence-corrected chi connectivity index (χ0v) is 14.1. The first kappa shape index (κ1) is 17.5. The highest BCUT2D eigenvalue weighted by atomic mass is 32.2. The molecule has 0 aliphatic rings. The lowest BCUT2D eigenvalue weighted by Crippen LogP contribution is -2.12. The molecule has 7 heteroatoms. The maximum absolute atomic E-state index is 13.4. The van der Waals surface area contributed by atoms with Gasteiger partial charge in [-0.3, -0.25) is 4.79 Å². The number of hydrogen-bond acceptors (Lipinski definition) is 4. The summed E-state index contributed by atoms with van der Waals surface area (Å²) >= 11 is 1.28. The normalized spacial score (nSPS) is 11.2. The molecular weight excluding hydrogens is 337 g/mol. The molecule has 122 valence electrons. The summed E-state index contributed by atoms with van der Waals surface area (Å²) in [6.07, 6.45) is 1.35. The van der Waals surface area contributed by atoms with Gasteiger partial charge in [0.2, 0.25) is 5.91 Å². The Morgan fingerprint density at radius 3 is 2.39 bits per heavy atom. The van der Waals surface area contributed by atoms with Crippen molar-refractivity contribution in [2.75, 3.05) is 17.3 Å². The van der Waals surface area contributed by atoms with Crippen LogP contribution in [0.2, 0.25) is 0 Å². The van der Waals surface area contributed by atoms with Crippen LogP contribution in [0.3, 0.4) is 0 Å². The maximum atomic E-state index is 13.4. The number of hydrogen-bond donors (Lipinski definition) is 1. The third-order valence-electron chi connectivity index (χ3n) is 2.99. The van der Waals surface area contributed by atoms with E-state index in [0.717, 1.165) is 6.26 Å². The molecule has 2 rings (SSSR count). The van der Waals surface area contributed by atoms with Gasteiger partial charge in [0.1, 0.15) is 5.82 Å². The monoisotopic (exact) mass is 353 g/mol. The van der Waals surface area contributed by atoms with Crippen molar-refractivity contribution < 1.29 is 17.6 Å². The summed E-state index contributed by atoms with van der Waals surface area (Å²) in [5.41, 5.74) is 0.526. The molecule has 0 radical (unpaired) electrons. The first-order valence-corrected chi connectivity index (χ1v) is 9.71. The molecule has 0 atom stereocenters. The Morgan fingerprint density at radius 1 is 1.13 bits per heavy atom. The zero-order chi connectivity index (χ0) is 16.9. The van der Waals surface area contributed by atoms with E-state index in [1.165, 1.54) is 42.1 Å². The fraction of sp³-hybridized carbons (Fsp3) is 0.188. The minimum Gasteiger partial charge on any atom is -0.326 e. The van der Waals surface area contributed by atoms with Crippen LogP contribution in [-0.2, 0) is 14.6 Å². The largest absolute Gasteiger partial charge is 0.326 e. The van der Waals surface area contributed by atoms with Crippen molar-refractivity contribution in [2.24, 2.45) is 0 Å². The van der Waals surface area contributed by atoms with Crippen LogP contribution in [0, 0.1) is 5.82 Å². The molecule has 0 fully saturated rings. The van der Waals surface area contributed by atoms with Crippen LogP contribution < -0.4 is 5.32 Å². The Morgan fingerprint density at radius 2 is 1.78 bits per heavy atom. The predicted molar refractivity (Wildman–Crippen MR) is 89.9 cm³/mol. The molecule has 0 aromatic heterocycles. The first-order chi connectivity index (χ1) is 10.9. The molecule has 2 aromatic carbocycles. The van der Waals surface area contributed by atoms with Gasteiger partial charge in [0.25, 0.3) is 0 Å². The molecule has 0 bridgehead atoms. The number of anilines is 1. The lowest BCUT2D eigenvalue weighted by Gasteiger charge is -2.06. The minimum absolute atomic E-state index is 0.200. The van der Waals surface area contributed by atoms with Crippen molar-refractivity contribution in [3.05, 3.63) is 54.3 Å². The van der Waals surface area contributed by atoms with Gasteiger partial charge in [-0.15, -0.1) is 11.8 Å². The number of benzene rings is 2. The summed E-state index contributed by atoms with van der Waals surface area (Å²) in [5, 5.41) is 2.68. The molecule has 0 spiro atoms. The second kappa shape index (κ2) is 7.61. The second-order valence-electron chi connectivity index (χ2n) is 4.87. The van der Waals surface area contributed by atoms with Crippen molar-refractivity contribution in [3.63, 3.8) is 0 Å². The summed E-state index contributed by atoms with van der Waals surface area (Å²) in [7, 11) is -3.25. The van der Waals surface area contributed by atoms with E-state index in [0.29, 0.717) is 16.3 Å². The van der Waals surface area contributed by atoms with Crippen molar-refractivity contribution in [1.29, 1.82) is 0 Å². The van der Waals surface area contributed by atoms with Crippen molar-refractivity contribution in [1.82, 2.24) is 0 Å². The van der Waals surface area contributed by atoms with Crippen molar-refractivity contribution in [3.8, 4) is 0 Å². The predicted octanol–water partition coefficient (Wildman–Crippen LogP) is 3.35. The smallest absolute Gasteiger partial charge is 0.225 e. The topological polar surface area (TPSA) is 63.2 Å². The molecular formula is C16H16FNO3S2. The lowest BCUT2D eigenvalue weighted by atomic mass is 10.3. The van der Waals surface area contributed by atoms with E-state index >= 15 is 0 Å². The second-order valence-corrected chi connectivity index (χ2v) is 8.03. The molecule has 1 N–H and O–H groups in total. The van der Waals surface area contributed by atoms with Crippen LogP contribution >= 0.6 is 11.8 Å². The number of nitrogens with one attached hydrogen (secondary N) is 1. The van der Waals surface area contributed by atoms with Gasteiger partial charge in [-0.05, 0) is 36.4 Å². The summed E-state index contributed by atoms with van der Waals surface area (Å²) in [6.45, 7) is 0. The first-order valence-electron chi connectivity index (χ1n) is 6.83. The minimum atomic E-state index is -3.25. The number of carbonyl (C=O) groups is 1. The van der Waals surface area contributed by atoms with Crippen LogP contribution in [0.4, 0.5) is 10.1 Å². The summed E-state index contributed by atoms with van der Waals surface area (Å²) < 4.78 is 36.1. The maximum Gasteiger partial charge on any atom is 0.225 e. The van der Waals surface area contributed by atoms with Gasteiger partial charge in [-0.25, -0.2) is 12.8 Å². The average molecular weight is 353 g/mol. The molecule has 1 amide bonds. The molecule has 23 heavy (non-hydrogen) atoms. The Balaban J connectivity index is 1.84. The third-order valence-corrected chi connectivity index (χ3v) is 5.17. The quantitative estimate of drug-likeness (QED) is 0.809. The molecule has 4 nitrogen and oxygen atoms in total. The number of thioether (sulfide) groups is 1. The highest BCUT2D eigenvalue weighted by molar-refractivity contribution is 7.99. The van der Waals surface area contributed by atoms with Gasteiger partial charge in [-0.2, -0.15) is 0 Å². The Hall–Kier alpha value is -1.86. The van der Waals surface area contributed by atoms with Crippen molar-refractivity contribution in [2.45, 2.75) is 16.2 Å². The van der Waals surface area contributed by atoms with Crippen molar-refractivity contribution >= 4 is 33.2 Å². The van der Waals surface area contributed by atoms with Crippen LogP contribution in [0.1, 0.15) is 6.42 Å². The highest BCUT2D eigenvalue weighted by Gasteiger charge is 2.08. The van der Waals surface area contributed by atoms with Gasteiger partial charge in [-0.1, -0.05) is 12.1 Å². The van der Waals surface area contributed by atoms with E-state index in [-0.39, 0.29) is 23.0 Å². The van der Waals surface area contributed by atoms with Crippen LogP contribution in [0.5, 0.6) is 0 Å². The summed E-state index contributed by atoms with van der Waals surface area (Å²) in [5.74, 6) is -0.0519. The third kappa shape index (κ3) is 5.37. The van der Waals surface area contributed by atoms with E-state index in [9.17, 15) is 17.6 Å². The number of rotatable bonds is 6. The number of amides is 1. The van der Waals surface area contributed by atoms with E-state index in [2.05, 4.69) is 5.32 Å². The fourth-order valence-electron chi connectivity index (χ4n) is 1.82. The van der Waals surface area contributed by atoms with E-state index in [1.54, 1.807) is 18.2 Å². The Labute approximate surface area is 139 Å². The number of sulfone groups is 1. The molecule has 2 aromatic rings.